The lowest BCUT2D eigenvalue weighted by atomic mass is 10.1. The smallest absolute Gasteiger partial charge is 0.310 e. The highest BCUT2D eigenvalue weighted by atomic mass is 35.5. The molecule has 0 fully saturated rings. The van der Waals surface area contributed by atoms with Gasteiger partial charge in [-0.05, 0) is 24.6 Å². The van der Waals surface area contributed by atoms with E-state index in [2.05, 4.69) is 0 Å². The van der Waals surface area contributed by atoms with Gasteiger partial charge < -0.3 is 9.47 Å². The van der Waals surface area contributed by atoms with Crippen molar-refractivity contribution in [2.24, 2.45) is 0 Å². The van der Waals surface area contributed by atoms with E-state index in [0.29, 0.717) is 12.2 Å². The van der Waals surface area contributed by atoms with Gasteiger partial charge in [-0.25, -0.2) is 4.39 Å². The summed E-state index contributed by atoms with van der Waals surface area (Å²) >= 11 is 5.65. The van der Waals surface area contributed by atoms with Crippen molar-refractivity contribution in [3.05, 3.63) is 28.5 Å². The van der Waals surface area contributed by atoms with Crippen molar-refractivity contribution in [3.8, 4) is 5.75 Å². The van der Waals surface area contributed by atoms with E-state index in [9.17, 15) is 9.18 Å². The second kappa shape index (κ2) is 5.70. The minimum Gasteiger partial charge on any atom is -0.495 e. The lowest BCUT2D eigenvalue weighted by molar-refractivity contribution is -0.142. The van der Waals surface area contributed by atoms with Gasteiger partial charge in [0.15, 0.2) is 0 Å². The van der Waals surface area contributed by atoms with Gasteiger partial charge in [0.25, 0.3) is 0 Å². The first kappa shape index (κ1) is 12.8. The van der Waals surface area contributed by atoms with Gasteiger partial charge in [-0.1, -0.05) is 11.6 Å². The molecule has 0 saturated carbocycles. The molecule has 88 valence electrons. The number of rotatable bonds is 4. The molecule has 3 nitrogen and oxygen atoms in total. The standard InChI is InChI=1S/C11H12ClFO3/c1-3-16-10(14)6-7-4-8(13)11(12)9(5-7)15-2/h4-5H,3,6H2,1-2H3. The normalized spacial score (nSPS) is 10.0. The largest absolute Gasteiger partial charge is 0.495 e. The molecule has 0 spiro atoms. The predicted molar refractivity (Wildman–Crippen MR) is 58.3 cm³/mol. The first-order valence-corrected chi connectivity index (χ1v) is 5.13. The number of benzene rings is 1. The van der Waals surface area contributed by atoms with Crippen LogP contribution in [0, 0.1) is 5.82 Å². The molecular weight excluding hydrogens is 235 g/mol. The van der Waals surface area contributed by atoms with E-state index in [1.807, 2.05) is 0 Å². The van der Waals surface area contributed by atoms with Crippen LogP contribution in [-0.2, 0) is 16.0 Å². The summed E-state index contributed by atoms with van der Waals surface area (Å²) in [6.45, 7) is 2.01. The summed E-state index contributed by atoms with van der Waals surface area (Å²) in [7, 11) is 1.38. The van der Waals surface area contributed by atoms with Crippen molar-refractivity contribution < 1.29 is 18.7 Å². The maximum Gasteiger partial charge on any atom is 0.310 e. The fraction of sp³-hybridized carbons (Fsp3) is 0.364. The summed E-state index contributed by atoms with van der Waals surface area (Å²) in [5.41, 5.74) is 0.470. The lowest BCUT2D eigenvalue weighted by Crippen LogP contribution is -2.08. The average Bonchev–Trinajstić information content (AvgIpc) is 2.23. The molecule has 0 saturated heterocycles. The van der Waals surface area contributed by atoms with Crippen molar-refractivity contribution in [2.45, 2.75) is 13.3 Å². The van der Waals surface area contributed by atoms with E-state index in [1.54, 1.807) is 6.92 Å². The molecule has 0 N–H and O–H groups in total. The molecule has 0 atom stereocenters. The summed E-state index contributed by atoms with van der Waals surface area (Å²) in [5, 5.41) is -0.0879. The van der Waals surface area contributed by atoms with Gasteiger partial charge in [-0.15, -0.1) is 0 Å². The fourth-order valence-corrected chi connectivity index (χ4v) is 1.43. The molecule has 1 aromatic rings. The highest BCUT2D eigenvalue weighted by molar-refractivity contribution is 6.32. The van der Waals surface area contributed by atoms with E-state index in [4.69, 9.17) is 21.1 Å². The molecule has 0 bridgehead atoms. The maximum atomic E-state index is 13.3. The fourth-order valence-electron chi connectivity index (χ4n) is 1.25. The Bertz CT molecular complexity index is 393. The second-order valence-corrected chi connectivity index (χ2v) is 3.45. The summed E-state index contributed by atoms with van der Waals surface area (Å²) < 4.78 is 22.9. The monoisotopic (exact) mass is 246 g/mol. The number of methoxy groups -OCH3 is 1. The Kier molecular flexibility index (Phi) is 4.55. The Morgan fingerprint density at radius 3 is 2.75 bits per heavy atom. The van der Waals surface area contributed by atoms with Gasteiger partial charge in [-0.2, -0.15) is 0 Å². The zero-order valence-corrected chi connectivity index (χ0v) is 9.81. The molecule has 0 radical (unpaired) electrons. The first-order valence-electron chi connectivity index (χ1n) is 4.76. The van der Waals surface area contributed by atoms with Crippen LogP contribution in [0.1, 0.15) is 12.5 Å². The summed E-state index contributed by atoms with van der Waals surface area (Å²) in [6.07, 6.45) is -0.00170. The van der Waals surface area contributed by atoms with E-state index in [0.717, 1.165) is 0 Å². The Labute approximate surface area is 98.1 Å². The molecule has 1 rings (SSSR count). The molecule has 0 unspecified atom stereocenters. The van der Waals surface area contributed by atoms with Gasteiger partial charge in [-0.3, -0.25) is 4.79 Å². The molecule has 0 aliphatic carbocycles. The summed E-state index contributed by atoms with van der Waals surface area (Å²) in [5.74, 6) is -0.812. The van der Waals surface area contributed by atoms with Crippen LogP contribution in [0.25, 0.3) is 0 Å². The van der Waals surface area contributed by atoms with Gasteiger partial charge >= 0.3 is 5.97 Å². The van der Waals surface area contributed by atoms with Crippen molar-refractivity contribution >= 4 is 17.6 Å². The average molecular weight is 247 g/mol. The molecule has 0 aliphatic heterocycles. The maximum absolute atomic E-state index is 13.3. The molecule has 16 heavy (non-hydrogen) atoms. The quantitative estimate of drug-likeness (QED) is 0.766. The minimum absolute atomic E-state index is 0.00170. The van der Waals surface area contributed by atoms with Crippen LogP contribution in [0.5, 0.6) is 5.75 Å². The third-order valence-electron chi connectivity index (χ3n) is 1.93. The van der Waals surface area contributed by atoms with Gasteiger partial charge in [0.2, 0.25) is 0 Å². The topological polar surface area (TPSA) is 35.5 Å². The number of halogens is 2. The van der Waals surface area contributed by atoms with E-state index < -0.39 is 11.8 Å². The van der Waals surface area contributed by atoms with Gasteiger partial charge in [0.05, 0.1) is 20.1 Å². The Morgan fingerprint density at radius 1 is 1.50 bits per heavy atom. The number of hydrogen-bond donors (Lipinski definition) is 0. The molecule has 0 amide bonds. The second-order valence-electron chi connectivity index (χ2n) is 3.08. The van der Waals surface area contributed by atoms with Gasteiger partial charge in [0.1, 0.15) is 16.6 Å². The lowest BCUT2D eigenvalue weighted by Gasteiger charge is -2.07. The zero-order chi connectivity index (χ0) is 12.1. The third kappa shape index (κ3) is 3.10. The summed E-state index contributed by atoms with van der Waals surface area (Å²) in [4.78, 5) is 11.2. The van der Waals surface area contributed by atoms with Crippen LogP contribution >= 0.6 is 11.6 Å². The van der Waals surface area contributed by atoms with Crippen LogP contribution in [0.4, 0.5) is 4.39 Å². The SMILES string of the molecule is CCOC(=O)Cc1cc(F)c(Cl)c(OC)c1. The zero-order valence-electron chi connectivity index (χ0n) is 9.05. The number of ether oxygens (including phenoxy) is 2. The van der Waals surface area contributed by atoms with Gasteiger partial charge in [0, 0.05) is 0 Å². The summed E-state index contributed by atoms with van der Waals surface area (Å²) in [6, 6.07) is 2.71. The van der Waals surface area contributed by atoms with Crippen molar-refractivity contribution in [1.82, 2.24) is 0 Å². The number of carbonyl (C=O) groups is 1. The number of carbonyl (C=O) groups excluding carboxylic acids is 1. The van der Waals surface area contributed by atoms with Crippen molar-refractivity contribution in [1.29, 1.82) is 0 Å². The van der Waals surface area contributed by atoms with E-state index in [1.165, 1.54) is 19.2 Å². The van der Waals surface area contributed by atoms with Crippen molar-refractivity contribution in [3.63, 3.8) is 0 Å². The first-order chi connectivity index (χ1) is 7.58. The van der Waals surface area contributed by atoms with Crippen LogP contribution in [0.3, 0.4) is 0 Å². The Morgan fingerprint density at radius 2 is 2.19 bits per heavy atom. The number of esters is 1. The predicted octanol–water partition coefficient (Wildman–Crippen LogP) is 2.59. The molecule has 0 aromatic heterocycles. The van der Waals surface area contributed by atoms with Crippen LogP contribution < -0.4 is 4.74 Å². The van der Waals surface area contributed by atoms with E-state index in [-0.39, 0.29) is 17.2 Å². The molecule has 5 heteroatoms. The molecule has 0 aliphatic rings. The highest BCUT2D eigenvalue weighted by Crippen LogP contribution is 2.28. The molecule has 1 aromatic carbocycles. The third-order valence-corrected chi connectivity index (χ3v) is 2.30. The highest BCUT2D eigenvalue weighted by Gasteiger charge is 2.12. The Balaban J connectivity index is 2.89. The molecule has 0 heterocycles. The number of hydrogen-bond acceptors (Lipinski definition) is 3. The molecular formula is C11H12ClFO3. The van der Waals surface area contributed by atoms with Crippen LogP contribution in [-0.4, -0.2) is 19.7 Å². The van der Waals surface area contributed by atoms with E-state index >= 15 is 0 Å². The van der Waals surface area contributed by atoms with Crippen LogP contribution in [0.2, 0.25) is 5.02 Å². The van der Waals surface area contributed by atoms with Crippen molar-refractivity contribution in [2.75, 3.05) is 13.7 Å². The minimum atomic E-state index is -0.611. The van der Waals surface area contributed by atoms with Crippen LogP contribution in [0.15, 0.2) is 12.1 Å². The Hall–Kier alpha value is -1.29.